The molecule has 8 nitrogen and oxygen atoms in total. The van der Waals surface area contributed by atoms with Crippen LogP contribution in [0.3, 0.4) is 0 Å². The number of hydrogen-bond acceptors (Lipinski definition) is 6. The van der Waals surface area contributed by atoms with Crippen LogP contribution < -0.4 is 4.74 Å². The Morgan fingerprint density at radius 1 is 1.04 bits per heavy atom. The molecule has 0 aliphatic heterocycles. The maximum atomic E-state index is 5.27. The largest absolute Gasteiger partial charge is 0.497 e. The zero-order chi connectivity index (χ0) is 19.3. The number of hydrogen-bond donors (Lipinski definition) is 1. The zero-order valence-corrected chi connectivity index (χ0v) is 15.6. The van der Waals surface area contributed by atoms with Crippen LogP contribution in [-0.4, -0.2) is 41.6 Å². The van der Waals surface area contributed by atoms with Gasteiger partial charge in [0.25, 0.3) is 0 Å². The van der Waals surface area contributed by atoms with E-state index >= 15 is 0 Å². The third-order valence-electron chi connectivity index (χ3n) is 4.66. The van der Waals surface area contributed by atoms with Crippen molar-refractivity contribution in [3.8, 4) is 28.7 Å². The topological polar surface area (TPSA) is 93.9 Å². The average Bonchev–Trinajstić information content (AvgIpc) is 3.35. The molecule has 0 atom stereocenters. The van der Waals surface area contributed by atoms with Gasteiger partial charge in [0.2, 0.25) is 0 Å². The van der Waals surface area contributed by atoms with Crippen molar-refractivity contribution in [1.82, 2.24) is 34.5 Å². The maximum absolute atomic E-state index is 5.27. The molecular weight excluding hydrogens is 354 g/mol. The molecule has 0 bridgehead atoms. The van der Waals surface area contributed by atoms with Crippen LogP contribution in [-0.2, 0) is 0 Å². The molecule has 5 rings (SSSR count). The van der Waals surface area contributed by atoms with Gasteiger partial charge in [-0.15, -0.1) is 5.10 Å². The molecule has 0 aliphatic carbocycles. The van der Waals surface area contributed by atoms with Crippen LogP contribution in [0.5, 0.6) is 5.75 Å². The fourth-order valence-corrected chi connectivity index (χ4v) is 3.15. The molecule has 28 heavy (non-hydrogen) atoms. The summed E-state index contributed by atoms with van der Waals surface area (Å²) in [7, 11) is 1.63. The summed E-state index contributed by atoms with van der Waals surface area (Å²) < 4.78 is 7.09. The van der Waals surface area contributed by atoms with Crippen molar-refractivity contribution in [2.75, 3.05) is 7.11 Å². The van der Waals surface area contributed by atoms with E-state index in [1.807, 2.05) is 42.6 Å². The summed E-state index contributed by atoms with van der Waals surface area (Å²) in [5, 5.41) is 4.64. The quantitative estimate of drug-likeness (QED) is 0.523. The predicted octanol–water partition coefficient (Wildman–Crippen LogP) is 3.36. The first-order valence-electron chi connectivity index (χ1n) is 8.82. The van der Waals surface area contributed by atoms with Gasteiger partial charge in [-0.1, -0.05) is 0 Å². The van der Waals surface area contributed by atoms with Crippen molar-refractivity contribution in [3.05, 3.63) is 54.1 Å². The standard InChI is InChI=1S/C20H17N7O/c1-11-10-22-12(2)20-25-18(26-27(11)20)13-4-5-15-16(8-13)24-19(23-15)17-9-14(28-3)6-7-21-17/h4-10H,1-3H3,(H,23,24). The van der Waals surface area contributed by atoms with E-state index in [0.717, 1.165) is 45.1 Å². The van der Waals surface area contributed by atoms with E-state index < -0.39 is 0 Å². The SMILES string of the molecule is COc1ccnc(-c2nc3ccc(-c4nc5c(C)ncc(C)n5n4)cc3[nH]2)c1. The van der Waals surface area contributed by atoms with Crippen LogP contribution in [0, 0.1) is 13.8 Å². The first-order chi connectivity index (χ1) is 13.6. The summed E-state index contributed by atoms with van der Waals surface area (Å²) in [6, 6.07) is 9.57. The summed E-state index contributed by atoms with van der Waals surface area (Å²) in [6.07, 6.45) is 3.50. The number of aromatic amines is 1. The van der Waals surface area contributed by atoms with Gasteiger partial charge in [0, 0.05) is 24.0 Å². The number of imidazole rings is 1. The molecule has 0 fully saturated rings. The lowest BCUT2D eigenvalue weighted by atomic mass is 10.2. The molecule has 1 aromatic carbocycles. The normalized spacial score (nSPS) is 11.4. The van der Waals surface area contributed by atoms with Crippen LogP contribution in [0.2, 0.25) is 0 Å². The highest BCUT2D eigenvalue weighted by Gasteiger charge is 2.13. The molecule has 8 heteroatoms. The van der Waals surface area contributed by atoms with E-state index in [0.29, 0.717) is 11.6 Å². The lowest BCUT2D eigenvalue weighted by Crippen LogP contribution is -1.97. The van der Waals surface area contributed by atoms with Gasteiger partial charge in [0.1, 0.15) is 11.4 Å². The number of benzene rings is 1. The number of aryl methyl sites for hydroxylation is 2. The van der Waals surface area contributed by atoms with Gasteiger partial charge in [0.05, 0.1) is 29.5 Å². The second-order valence-corrected chi connectivity index (χ2v) is 6.55. The fourth-order valence-electron chi connectivity index (χ4n) is 3.15. The van der Waals surface area contributed by atoms with E-state index in [2.05, 4.69) is 30.0 Å². The van der Waals surface area contributed by atoms with E-state index in [1.165, 1.54) is 0 Å². The Morgan fingerprint density at radius 2 is 1.93 bits per heavy atom. The Labute approximate surface area is 160 Å². The van der Waals surface area contributed by atoms with Crippen LogP contribution in [0.15, 0.2) is 42.7 Å². The first kappa shape index (κ1) is 16.4. The van der Waals surface area contributed by atoms with Gasteiger partial charge < -0.3 is 9.72 Å². The number of nitrogens with one attached hydrogen (secondary N) is 1. The van der Waals surface area contributed by atoms with Crippen molar-refractivity contribution in [2.45, 2.75) is 13.8 Å². The Kier molecular flexibility index (Phi) is 3.58. The summed E-state index contributed by atoms with van der Waals surface area (Å²) in [6.45, 7) is 3.89. The Balaban J connectivity index is 1.60. The third-order valence-corrected chi connectivity index (χ3v) is 4.66. The molecule has 1 N–H and O–H groups in total. The molecule has 0 aliphatic rings. The van der Waals surface area contributed by atoms with Crippen LogP contribution in [0.25, 0.3) is 39.6 Å². The molecule has 0 amide bonds. The second-order valence-electron chi connectivity index (χ2n) is 6.55. The summed E-state index contributed by atoms with van der Waals surface area (Å²) in [4.78, 5) is 21.4. The van der Waals surface area contributed by atoms with Crippen molar-refractivity contribution >= 4 is 16.7 Å². The fraction of sp³-hybridized carbons (Fsp3) is 0.150. The number of H-pyrrole nitrogens is 1. The maximum Gasteiger partial charge on any atom is 0.182 e. The lowest BCUT2D eigenvalue weighted by molar-refractivity contribution is 0.414. The van der Waals surface area contributed by atoms with E-state index in [1.54, 1.807) is 25.6 Å². The summed E-state index contributed by atoms with van der Waals surface area (Å²) in [5.41, 5.74) is 5.92. The monoisotopic (exact) mass is 371 g/mol. The molecule has 0 saturated carbocycles. The van der Waals surface area contributed by atoms with Crippen LogP contribution in [0.4, 0.5) is 0 Å². The molecule has 4 heterocycles. The van der Waals surface area contributed by atoms with Crippen molar-refractivity contribution < 1.29 is 4.74 Å². The number of aromatic nitrogens is 7. The Bertz CT molecular complexity index is 1300. The van der Waals surface area contributed by atoms with Crippen molar-refractivity contribution in [2.24, 2.45) is 0 Å². The summed E-state index contributed by atoms with van der Waals surface area (Å²) >= 11 is 0. The first-order valence-corrected chi connectivity index (χ1v) is 8.82. The van der Waals surface area contributed by atoms with E-state index in [4.69, 9.17) is 4.74 Å². The zero-order valence-electron chi connectivity index (χ0n) is 15.6. The van der Waals surface area contributed by atoms with Crippen molar-refractivity contribution in [3.63, 3.8) is 0 Å². The van der Waals surface area contributed by atoms with E-state index in [9.17, 15) is 0 Å². The number of nitrogens with zero attached hydrogens (tertiary/aromatic N) is 6. The summed E-state index contributed by atoms with van der Waals surface area (Å²) in [5.74, 6) is 2.07. The Hall–Kier alpha value is -3.81. The highest BCUT2D eigenvalue weighted by Crippen LogP contribution is 2.26. The number of ether oxygens (including phenoxy) is 1. The number of fused-ring (bicyclic) bond motifs is 2. The highest BCUT2D eigenvalue weighted by molar-refractivity contribution is 5.83. The predicted molar refractivity (Wildman–Crippen MR) is 105 cm³/mol. The number of pyridine rings is 1. The third kappa shape index (κ3) is 2.58. The van der Waals surface area contributed by atoms with Gasteiger partial charge in [-0.25, -0.2) is 14.5 Å². The minimum Gasteiger partial charge on any atom is -0.497 e. The van der Waals surface area contributed by atoms with Gasteiger partial charge in [-0.2, -0.15) is 0 Å². The van der Waals surface area contributed by atoms with Gasteiger partial charge in [-0.05, 0) is 38.1 Å². The second kappa shape index (κ2) is 6.12. The lowest BCUT2D eigenvalue weighted by Gasteiger charge is -2.00. The molecule has 0 saturated heterocycles. The van der Waals surface area contributed by atoms with Gasteiger partial charge in [-0.3, -0.25) is 9.97 Å². The number of rotatable bonds is 3. The molecular formula is C20H17N7O. The van der Waals surface area contributed by atoms with E-state index in [-0.39, 0.29) is 0 Å². The molecule has 138 valence electrons. The Morgan fingerprint density at radius 3 is 2.75 bits per heavy atom. The molecule has 0 spiro atoms. The highest BCUT2D eigenvalue weighted by atomic mass is 16.5. The molecule has 0 unspecified atom stereocenters. The van der Waals surface area contributed by atoms with Gasteiger partial charge >= 0.3 is 0 Å². The minimum atomic E-state index is 0.650. The number of methoxy groups -OCH3 is 1. The van der Waals surface area contributed by atoms with Gasteiger partial charge in [0.15, 0.2) is 17.3 Å². The smallest absolute Gasteiger partial charge is 0.182 e. The molecule has 0 radical (unpaired) electrons. The van der Waals surface area contributed by atoms with Crippen LogP contribution >= 0.6 is 0 Å². The van der Waals surface area contributed by atoms with Crippen LogP contribution in [0.1, 0.15) is 11.4 Å². The molecule has 5 aromatic rings. The average molecular weight is 371 g/mol. The molecule has 4 aromatic heterocycles. The van der Waals surface area contributed by atoms with Crippen molar-refractivity contribution in [1.29, 1.82) is 0 Å². The minimum absolute atomic E-state index is 0.650.